The smallest absolute Gasteiger partial charge is 0.0183 e. The van der Waals surface area contributed by atoms with Gasteiger partial charge >= 0.3 is 0 Å². The van der Waals surface area contributed by atoms with Crippen molar-refractivity contribution in [1.29, 1.82) is 0 Å². The molecule has 1 heterocycles. The molecule has 0 spiro atoms. The molecule has 1 nitrogen and oxygen atoms in total. The number of hydrogen-bond acceptors (Lipinski definition) is 1. The molecule has 1 fully saturated rings. The second-order valence-corrected chi connectivity index (χ2v) is 5.40. The van der Waals surface area contributed by atoms with Crippen molar-refractivity contribution in [2.45, 2.75) is 19.3 Å². The first-order chi connectivity index (χ1) is 9.92. The molecule has 0 saturated carbocycles. The lowest BCUT2D eigenvalue weighted by Crippen LogP contribution is -2.20. The van der Waals surface area contributed by atoms with E-state index < -0.39 is 0 Å². The Morgan fingerprint density at radius 1 is 0.850 bits per heavy atom. The van der Waals surface area contributed by atoms with Gasteiger partial charge in [0.2, 0.25) is 0 Å². The first-order valence-corrected chi connectivity index (χ1v) is 7.46. The maximum Gasteiger partial charge on any atom is 0.0183 e. The van der Waals surface area contributed by atoms with Gasteiger partial charge < -0.3 is 4.90 Å². The lowest BCUT2D eigenvalue weighted by molar-refractivity contribution is 0.420. The standard InChI is InChI=1S/C19H21N/c1-3-9-17(10-4-1)15-19(20-13-7-8-14-20)16-18-11-5-2-6-12-18/h1-6,9-12,15H,7-8,13-14,16H2. The number of hydrogen-bond donors (Lipinski definition) is 0. The first kappa shape index (κ1) is 13.0. The summed E-state index contributed by atoms with van der Waals surface area (Å²) in [4.78, 5) is 2.54. The van der Waals surface area contributed by atoms with E-state index in [0.29, 0.717) is 0 Å². The Morgan fingerprint density at radius 2 is 1.45 bits per heavy atom. The third-order valence-corrected chi connectivity index (χ3v) is 3.87. The van der Waals surface area contributed by atoms with Crippen LogP contribution in [0.15, 0.2) is 66.4 Å². The van der Waals surface area contributed by atoms with Gasteiger partial charge in [0.1, 0.15) is 0 Å². The zero-order chi connectivity index (χ0) is 13.6. The summed E-state index contributed by atoms with van der Waals surface area (Å²) < 4.78 is 0. The minimum absolute atomic E-state index is 1.02. The highest BCUT2D eigenvalue weighted by molar-refractivity contribution is 5.53. The van der Waals surface area contributed by atoms with Crippen molar-refractivity contribution in [3.63, 3.8) is 0 Å². The van der Waals surface area contributed by atoms with Crippen LogP contribution in [0.3, 0.4) is 0 Å². The van der Waals surface area contributed by atoms with Gasteiger partial charge in [0.25, 0.3) is 0 Å². The van der Waals surface area contributed by atoms with Crippen LogP contribution in [-0.2, 0) is 6.42 Å². The van der Waals surface area contributed by atoms with E-state index in [2.05, 4.69) is 71.6 Å². The van der Waals surface area contributed by atoms with Gasteiger partial charge in [-0.1, -0.05) is 60.7 Å². The summed E-state index contributed by atoms with van der Waals surface area (Å²) in [6.45, 7) is 2.40. The van der Waals surface area contributed by atoms with E-state index in [1.807, 2.05) is 0 Å². The van der Waals surface area contributed by atoms with Crippen LogP contribution in [0.2, 0.25) is 0 Å². The number of nitrogens with zero attached hydrogens (tertiary/aromatic N) is 1. The Labute approximate surface area is 121 Å². The molecule has 0 aliphatic carbocycles. The zero-order valence-corrected chi connectivity index (χ0v) is 11.8. The van der Waals surface area contributed by atoms with Gasteiger partial charge in [-0.25, -0.2) is 0 Å². The fourth-order valence-electron chi connectivity index (χ4n) is 2.81. The van der Waals surface area contributed by atoms with E-state index >= 15 is 0 Å². The summed E-state index contributed by atoms with van der Waals surface area (Å²) in [5.41, 5.74) is 4.13. The Hall–Kier alpha value is -2.02. The molecular formula is C19H21N. The number of rotatable bonds is 4. The van der Waals surface area contributed by atoms with Gasteiger partial charge in [0.05, 0.1) is 0 Å². The van der Waals surface area contributed by atoms with Gasteiger partial charge in [-0.3, -0.25) is 0 Å². The molecular weight excluding hydrogens is 242 g/mol. The van der Waals surface area contributed by atoms with Gasteiger partial charge in [-0.05, 0) is 30.0 Å². The average Bonchev–Trinajstić information content (AvgIpc) is 3.03. The topological polar surface area (TPSA) is 3.24 Å². The summed E-state index contributed by atoms with van der Waals surface area (Å²) in [7, 11) is 0. The van der Waals surface area contributed by atoms with E-state index in [-0.39, 0.29) is 0 Å². The molecule has 1 aliphatic heterocycles. The molecule has 0 atom stereocenters. The Kier molecular flexibility index (Phi) is 4.17. The molecule has 102 valence electrons. The third-order valence-electron chi connectivity index (χ3n) is 3.87. The largest absolute Gasteiger partial charge is 0.375 e. The molecule has 0 amide bonds. The van der Waals surface area contributed by atoms with Gasteiger partial charge in [-0.15, -0.1) is 0 Å². The number of benzene rings is 2. The predicted octanol–water partition coefficient (Wildman–Crippen LogP) is 4.37. The SMILES string of the molecule is C(=C(Cc1ccccc1)N1CCCC1)c1ccccc1. The van der Waals surface area contributed by atoms with E-state index in [4.69, 9.17) is 0 Å². The van der Waals surface area contributed by atoms with Crippen LogP contribution in [0.5, 0.6) is 0 Å². The van der Waals surface area contributed by atoms with Gasteiger partial charge in [-0.2, -0.15) is 0 Å². The molecule has 2 aromatic rings. The normalized spacial score (nSPS) is 15.6. The summed E-state index contributed by atoms with van der Waals surface area (Å²) in [6.07, 6.45) is 6.01. The Balaban J connectivity index is 1.86. The van der Waals surface area contributed by atoms with Crippen LogP contribution in [0.1, 0.15) is 24.0 Å². The third kappa shape index (κ3) is 3.30. The Bertz CT molecular complexity index is 551. The molecule has 1 saturated heterocycles. The van der Waals surface area contributed by atoms with E-state index in [0.717, 1.165) is 6.42 Å². The van der Waals surface area contributed by atoms with Crippen molar-refractivity contribution in [3.8, 4) is 0 Å². The fourth-order valence-corrected chi connectivity index (χ4v) is 2.81. The highest BCUT2D eigenvalue weighted by atomic mass is 15.1. The highest BCUT2D eigenvalue weighted by Crippen LogP contribution is 2.21. The first-order valence-electron chi connectivity index (χ1n) is 7.46. The molecule has 20 heavy (non-hydrogen) atoms. The minimum atomic E-state index is 1.02. The number of likely N-dealkylation sites (tertiary alicyclic amines) is 1. The molecule has 0 aromatic heterocycles. The maximum absolute atomic E-state index is 2.54. The van der Waals surface area contributed by atoms with Crippen molar-refractivity contribution < 1.29 is 0 Å². The van der Waals surface area contributed by atoms with Gasteiger partial charge in [0.15, 0.2) is 0 Å². The van der Waals surface area contributed by atoms with E-state index in [1.165, 1.54) is 42.8 Å². The summed E-state index contributed by atoms with van der Waals surface area (Å²) in [5.74, 6) is 0. The molecule has 0 N–H and O–H groups in total. The molecule has 0 unspecified atom stereocenters. The average molecular weight is 263 g/mol. The number of allylic oxidation sites excluding steroid dienone is 1. The van der Waals surface area contributed by atoms with Crippen molar-refractivity contribution in [2.75, 3.05) is 13.1 Å². The van der Waals surface area contributed by atoms with E-state index in [1.54, 1.807) is 0 Å². The lowest BCUT2D eigenvalue weighted by Gasteiger charge is -2.22. The van der Waals surface area contributed by atoms with Crippen LogP contribution in [0.4, 0.5) is 0 Å². The van der Waals surface area contributed by atoms with Crippen molar-refractivity contribution in [1.82, 2.24) is 4.90 Å². The molecule has 2 aromatic carbocycles. The zero-order valence-electron chi connectivity index (χ0n) is 11.8. The van der Waals surface area contributed by atoms with Crippen molar-refractivity contribution in [2.24, 2.45) is 0 Å². The molecule has 3 rings (SSSR count). The van der Waals surface area contributed by atoms with Crippen LogP contribution in [-0.4, -0.2) is 18.0 Å². The molecule has 1 heteroatoms. The lowest BCUT2D eigenvalue weighted by atomic mass is 10.1. The fraction of sp³-hybridized carbons (Fsp3) is 0.263. The van der Waals surface area contributed by atoms with Crippen molar-refractivity contribution >= 4 is 6.08 Å². The van der Waals surface area contributed by atoms with Crippen LogP contribution in [0.25, 0.3) is 6.08 Å². The monoisotopic (exact) mass is 263 g/mol. The second-order valence-electron chi connectivity index (χ2n) is 5.40. The summed E-state index contributed by atoms with van der Waals surface area (Å²) in [6, 6.07) is 21.4. The Morgan fingerprint density at radius 3 is 2.10 bits per heavy atom. The highest BCUT2D eigenvalue weighted by Gasteiger charge is 2.15. The molecule has 1 aliphatic rings. The summed E-state index contributed by atoms with van der Waals surface area (Å²) >= 11 is 0. The summed E-state index contributed by atoms with van der Waals surface area (Å²) in [5, 5.41) is 0. The van der Waals surface area contributed by atoms with Gasteiger partial charge in [0, 0.05) is 25.2 Å². The maximum atomic E-state index is 2.54. The van der Waals surface area contributed by atoms with Crippen molar-refractivity contribution in [3.05, 3.63) is 77.5 Å². The quantitative estimate of drug-likeness (QED) is 0.792. The van der Waals surface area contributed by atoms with Crippen LogP contribution < -0.4 is 0 Å². The van der Waals surface area contributed by atoms with E-state index in [9.17, 15) is 0 Å². The molecule has 0 radical (unpaired) electrons. The predicted molar refractivity (Wildman–Crippen MR) is 85.4 cm³/mol. The second kappa shape index (κ2) is 6.42. The van der Waals surface area contributed by atoms with Crippen LogP contribution >= 0.6 is 0 Å². The van der Waals surface area contributed by atoms with Crippen LogP contribution in [0, 0.1) is 0 Å². The minimum Gasteiger partial charge on any atom is -0.375 e. The molecule has 0 bridgehead atoms.